The summed E-state index contributed by atoms with van der Waals surface area (Å²) in [4.78, 5) is 40.3. The first-order valence-corrected chi connectivity index (χ1v) is 9.76. The highest BCUT2D eigenvalue weighted by atomic mass is 32.2. The van der Waals surface area contributed by atoms with Gasteiger partial charge in [-0.15, -0.1) is 0 Å². The second-order valence-corrected chi connectivity index (χ2v) is 8.02. The van der Waals surface area contributed by atoms with Gasteiger partial charge in [-0.25, -0.2) is 13.2 Å². The number of β-lactam (4-membered cyclic amide) rings is 1. The Morgan fingerprint density at radius 1 is 1.41 bits per heavy atom. The number of fused-ring (bicyclic) bond motifs is 1. The molecule has 10 heteroatoms. The van der Waals surface area contributed by atoms with Crippen molar-refractivity contribution in [3.63, 3.8) is 0 Å². The molecule has 0 aliphatic carbocycles. The summed E-state index contributed by atoms with van der Waals surface area (Å²) in [6.45, 7) is 1.05. The molecular formula is C17H16N2O7S. The number of aromatic nitrogens is 1. The number of pyridine rings is 1. The van der Waals surface area contributed by atoms with E-state index < -0.39 is 51.1 Å². The number of hydrogen-bond acceptors (Lipinski definition) is 7. The third-order valence-electron chi connectivity index (χ3n) is 4.15. The van der Waals surface area contributed by atoms with E-state index in [0.29, 0.717) is 5.69 Å². The quantitative estimate of drug-likeness (QED) is 0.431. The second-order valence-electron chi connectivity index (χ2n) is 5.96. The van der Waals surface area contributed by atoms with Crippen LogP contribution in [0.3, 0.4) is 0 Å². The van der Waals surface area contributed by atoms with E-state index in [1.54, 1.807) is 25.1 Å². The van der Waals surface area contributed by atoms with Crippen LogP contribution >= 0.6 is 0 Å². The number of nitrogens with zero attached hydrogens (tertiary/aromatic N) is 2. The summed E-state index contributed by atoms with van der Waals surface area (Å²) >= 11 is 0. The summed E-state index contributed by atoms with van der Waals surface area (Å²) in [5.74, 6) is -3.40. The molecule has 142 valence electrons. The molecule has 1 N–H and O–H groups in total. The molecule has 1 amide bonds. The van der Waals surface area contributed by atoms with Gasteiger partial charge >= 0.3 is 11.9 Å². The fraction of sp³-hybridized carbons (Fsp3) is 0.294. The first-order chi connectivity index (χ1) is 12.8. The molecule has 0 radical (unpaired) electrons. The Bertz CT molecular complexity index is 980. The lowest BCUT2D eigenvalue weighted by Gasteiger charge is -2.45. The fourth-order valence-electron chi connectivity index (χ4n) is 2.95. The zero-order valence-corrected chi connectivity index (χ0v) is 15.1. The molecular weight excluding hydrogens is 376 g/mol. The molecule has 1 aromatic heterocycles. The molecule has 2 aliphatic rings. The van der Waals surface area contributed by atoms with Crippen molar-refractivity contribution in [1.82, 2.24) is 9.88 Å². The minimum absolute atomic E-state index is 0.0444. The van der Waals surface area contributed by atoms with Gasteiger partial charge in [0.2, 0.25) is 0 Å². The highest BCUT2D eigenvalue weighted by molar-refractivity contribution is 7.92. The number of carboxylic acids is 1. The smallest absolute Gasteiger partial charge is 0.352 e. The van der Waals surface area contributed by atoms with E-state index in [1.165, 1.54) is 12.3 Å². The van der Waals surface area contributed by atoms with E-state index in [9.17, 15) is 27.9 Å². The van der Waals surface area contributed by atoms with Crippen molar-refractivity contribution in [2.45, 2.75) is 18.7 Å². The Balaban J connectivity index is 2.01. The number of amides is 1. The van der Waals surface area contributed by atoms with Crippen LogP contribution in [-0.2, 0) is 29.0 Å². The van der Waals surface area contributed by atoms with E-state index in [4.69, 9.17) is 4.74 Å². The van der Waals surface area contributed by atoms with Gasteiger partial charge in [-0.2, -0.15) is 0 Å². The van der Waals surface area contributed by atoms with Crippen molar-refractivity contribution in [3.8, 4) is 0 Å². The molecule has 1 aromatic rings. The summed E-state index contributed by atoms with van der Waals surface area (Å²) in [5.41, 5.74) is -0.246. The van der Waals surface area contributed by atoms with Gasteiger partial charge < -0.3 is 9.84 Å². The van der Waals surface area contributed by atoms with Crippen molar-refractivity contribution in [2.75, 3.05) is 12.4 Å². The molecule has 0 bridgehead atoms. The molecule has 3 heterocycles. The maximum atomic E-state index is 12.7. The minimum atomic E-state index is -3.90. The number of carboxylic acid groups (broad SMARTS) is 1. The van der Waals surface area contributed by atoms with Gasteiger partial charge in [-0.3, -0.25) is 19.5 Å². The van der Waals surface area contributed by atoms with Crippen molar-refractivity contribution in [1.29, 1.82) is 0 Å². The van der Waals surface area contributed by atoms with Crippen LogP contribution in [0.5, 0.6) is 0 Å². The third-order valence-corrected chi connectivity index (χ3v) is 6.04. The van der Waals surface area contributed by atoms with Gasteiger partial charge in [-0.05, 0) is 18.2 Å². The van der Waals surface area contributed by atoms with Crippen molar-refractivity contribution >= 4 is 33.8 Å². The van der Waals surface area contributed by atoms with E-state index in [-0.39, 0.29) is 17.6 Å². The summed E-state index contributed by atoms with van der Waals surface area (Å²) < 4.78 is 30.2. The Morgan fingerprint density at radius 2 is 2.15 bits per heavy atom. The average molecular weight is 392 g/mol. The van der Waals surface area contributed by atoms with Crippen LogP contribution in [0.15, 0.2) is 41.2 Å². The number of carbonyl (C=O) groups is 3. The van der Waals surface area contributed by atoms with Gasteiger partial charge in [0.05, 0.1) is 17.0 Å². The lowest BCUT2D eigenvalue weighted by atomic mass is 10.0. The number of hydrogen-bond donors (Lipinski definition) is 1. The normalized spacial score (nSPS) is 22.3. The van der Waals surface area contributed by atoms with Gasteiger partial charge in [0.25, 0.3) is 5.91 Å². The van der Waals surface area contributed by atoms with Gasteiger partial charge in [0.15, 0.2) is 15.2 Å². The molecule has 1 fully saturated rings. The van der Waals surface area contributed by atoms with Crippen molar-refractivity contribution < 1.29 is 32.6 Å². The monoisotopic (exact) mass is 392 g/mol. The van der Waals surface area contributed by atoms with Crippen LogP contribution in [0.1, 0.15) is 19.0 Å². The van der Waals surface area contributed by atoms with E-state index in [0.717, 1.165) is 4.90 Å². The predicted octanol–water partition coefficient (Wildman–Crippen LogP) is 0.354. The average Bonchev–Trinajstić information content (AvgIpc) is 2.63. The number of rotatable bonds is 5. The number of aliphatic carboxylic acids is 1. The number of carbonyl (C=O) groups excluding carboxylic acids is 2. The predicted molar refractivity (Wildman–Crippen MR) is 92.5 cm³/mol. The molecule has 0 saturated carbocycles. The lowest BCUT2D eigenvalue weighted by Crippen LogP contribution is -2.62. The van der Waals surface area contributed by atoms with Crippen molar-refractivity contribution in [3.05, 3.63) is 46.9 Å². The molecule has 1 atom stereocenters. The molecule has 2 aliphatic heterocycles. The Morgan fingerprint density at radius 3 is 2.74 bits per heavy atom. The number of esters is 1. The van der Waals surface area contributed by atoms with E-state index >= 15 is 0 Å². The van der Waals surface area contributed by atoms with Crippen LogP contribution in [0.4, 0.5) is 0 Å². The van der Waals surface area contributed by atoms with Gasteiger partial charge in [0, 0.05) is 18.2 Å². The summed E-state index contributed by atoms with van der Waals surface area (Å²) in [7, 11) is -3.90. The SMILES string of the molecule is CCC(=O)OCC1=C(C(=O)O)N2C(=O)/C(=C/c3ccccn3)[C@H]2S(=O)(=O)C1. The summed E-state index contributed by atoms with van der Waals surface area (Å²) in [5, 5.41) is 8.11. The van der Waals surface area contributed by atoms with Gasteiger partial charge in [0.1, 0.15) is 12.3 Å². The molecule has 9 nitrogen and oxygen atoms in total. The van der Waals surface area contributed by atoms with Crippen LogP contribution in [-0.4, -0.2) is 59.0 Å². The number of sulfone groups is 1. The molecule has 0 unspecified atom stereocenters. The maximum Gasteiger partial charge on any atom is 0.352 e. The Kier molecular flexibility index (Phi) is 4.83. The van der Waals surface area contributed by atoms with Crippen LogP contribution in [0, 0.1) is 0 Å². The van der Waals surface area contributed by atoms with Gasteiger partial charge in [-0.1, -0.05) is 13.0 Å². The Hall–Kier alpha value is -3.01. The largest absolute Gasteiger partial charge is 0.477 e. The lowest BCUT2D eigenvalue weighted by molar-refractivity contribution is -0.143. The highest BCUT2D eigenvalue weighted by Crippen LogP contribution is 2.40. The highest BCUT2D eigenvalue weighted by Gasteiger charge is 2.56. The number of ether oxygens (including phenoxy) is 1. The zero-order chi connectivity index (χ0) is 19.8. The minimum Gasteiger partial charge on any atom is -0.477 e. The standard InChI is InChI=1S/C17H16N2O7S/c1-2-13(20)26-8-10-9-27(24,25)16-12(7-11-5-3-4-6-18-11)15(21)19(16)14(10)17(22)23/h3-7,16H,2,8-9H2,1H3,(H,22,23)/b12-7-/t16-/m1/s1. The maximum absolute atomic E-state index is 12.7. The van der Waals surface area contributed by atoms with Crippen LogP contribution in [0.2, 0.25) is 0 Å². The molecule has 1 saturated heterocycles. The summed E-state index contributed by atoms with van der Waals surface area (Å²) in [6.07, 6.45) is 2.89. The van der Waals surface area contributed by atoms with E-state index in [1.807, 2.05) is 0 Å². The van der Waals surface area contributed by atoms with E-state index in [2.05, 4.69) is 4.98 Å². The second kappa shape index (κ2) is 6.95. The molecule has 3 rings (SSSR count). The first kappa shape index (κ1) is 18.8. The fourth-order valence-corrected chi connectivity index (χ4v) is 4.89. The molecule has 27 heavy (non-hydrogen) atoms. The Labute approximate surface area is 154 Å². The third kappa shape index (κ3) is 3.35. The zero-order valence-electron chi connectivity index (χ0n) is 14.3. The van der Waals surface area contributed by atoms with Crippen LogP contribution in [0.25, 0.3) is 6.08 Å². The van der Waals surface area contributed by atoms with Crippen LogP contribution < -0.4 is 0 Å². The van der Waals surface area contributed by atoms with Crippen molar-refractivity contribution in [2.24, 2.45) is 0 Å². The topological polar surface area (TPSA) is 131 Å². The molecule has 0 aromatic carbocycles. The first-order valence-electron chi connectivity index (χ1n) is 8.05. The molecule has 0 spiro atoms. The summed E-state index contributed by atoms with van der Waals surface area (Å²) in [6, 6.07) is 4.95.